The molecule has 0 fully saturated rings. The van der Waals surface area contributed by atoms with Crippen LogP contribution in [0, 0.1) is 10.1 Å². The van der Waals surface area contributed by atoms with Gasteiger partial charge in [-0.25, -0.2) is 0 Å². The van der Waals surface area contributed by atoms with E-state index in [9.17, 15) is 20.0 Å². The van der Waals surface area contributed by atoms with E-state index in [0.717, 1.165) is 17.5 Å². The third kappa shape index (κ3) is 6.60. The van der Waals surface area contributed by atoms with Crippen LogP contribution < -0.4 is 0 Å². The molecule has 0 aromatic heterocycles. The first-order chi connectivity index (χ1) is 11.8. The lowest BCUT2D eigenvalue weighted by Crippen LogP contribution is -2.36. The molecule has 0 bridgehead atoms. The highest BCUT2D eigenvalue weighted by Crippen LogP contribution is 2.29. The molecule has 0 spiro atoms. The van der Waals surface area contributed by atoms with E-state index in [-0.39, 0.29) is 25.0 Å². The second-order valence-corrected chi connectivity index (χ2v) is 6.42. The number of hydrogen-bond acceptors (Lipinski definition) is 5. The van der Waals surface area contributed by atoms with Crippen LogP contribution in [0.2, 0.25) is 0 Å². The summed E-state index contributed by atoms with van der Waals surface area (Å²) < 4.78 is 0. The number of benzene rings is 1. The predicted molar refractivity (Wildman–Crippen MR) is 94.9 cm³/mol. The summed E-state index contributed by atoms with van der Waals surface area (Å²) in [6.45, 7) is 6.01. The lowest BCUT2D eigenvalue weighted by molar-refractivity contribution is -0.757. The van der Waals surface area contributed by atoms with Crippen molar-refractivity contribution in [2.75, 3.05) is 13.7 Å². The Kier molecular flexibility index (Phi) is 8.18. The van der Waals surface area contributed by atoms with E-state index in [0.29, 0.717) is 24.5 Å². The fourth-order valence-corrected chi connectivity index (χ4v) is 2.62. The third-order valence-electron chi connectivity index (χ3n) is 4.56. The van der Waals surface area contributed by atoms with Crippen LogP contribution in [-0.2, 0) is 16.1 Å². The maximum absolute atomic E-state index is 12.1. The van der Waals surface area contributed by atoms with Gasteiger partial charge in [0.05, 0.1) is 6.61 Å². The van der Waals surface area contributed by atoms with Crippen molar-refractivity contribution in [1.29, 1.82) is 0 Å². The van der Waals surface area contributed by atoms with Crippen molar-refractivity contribution in [2.24, 2.45) is 0 Å². The number of carbonyl (C=O) groups is 1. The minimum Gasteiger partial charge on any atom is -0.508 e. The highest BCUT2D eigenvalue weighted by atomic mass is 16.9. The van der Waals surface area contributed by atoms with E-state index >= 15 is 0 Å². The molecular weight excluding hydrogens is 324 g/mol. The van der Waals surface area contributed by atoms with Gasteiger partial charge in [0.15, 0.2) is 0 Å². The molecule has 1 rings (SSSR count). The SMILES string of the molecule is CCC(C)c1ccc(CC(C)N(C)C(=O)CCCO[N+](=O)[O-])cc1O. The van der Waals surface area contributed by atoms with Gasteiger partial charge in [-0.3, -0.25) is 4.79 Å². The van der Waals surface area contributed by atoms with Gasteiger partial charge in [0, 0.05) is 19.5 Å². The molecule has 7 heteroatoms. The lowest BCUT2D eigenvalue weighted by Gasteiger charge is -2.25. The van der Waals surface area contributed by atoms with E-state index in [4.69, 9.17) is 0 Å². The Morgan fingerprint density at radius 2 is 2.08 bits per heavy atom. The van der Waals surface area contributed by atoms with Gasteiger partial charge in [-0.1, -0.05) is 26.0 Å². The second-order valence-electron chi connectivity index (χ2n) is 6.42. The standard InChI is InChI=1S/C18H28N2O5/c1-5-13(2)16-9-8-15(12-17(16)21)11-14(3)19(4)18(22)7-6-10-25-20(23)24/h8-9,12-14,21H,5-7,10-11H2,1-4H3. The van der Waals surface area contributed by atoms with Crippen molar-refractivity contribution < 1.29 is 19.8 Å². The average Bonchev–Trinajstić information content (AvgIpc) is 2.57. The summed E-state index contributed by atoms with van der Waals surface area (Å²) in [6, 6.07) is 5.66. The summed E-state index contributed by atoms with van der Waals surface area (Å²) in [6.07, 6.45) is 2.09. The smallest absolute Gasteiger partial charge is 0.294 e. The minimum atomic E-state index is -0.855. The average molecular weight is 352 g/mol. The van der Waals surface area contributed by atoms with Gasteiger partial charge in [0.25, 0.3) is 5.09 Å². The van der Waals surface area contributed by atoms with Crippen LogP contribution in [0.15, 0.2) is 18.2 Å². The molecule has 0 saturated heterocycles. The molecule has 25 heavy (non-hydrogen) atoms. The van der Waals surface area contributed by atoms with Gasteiger partial charge in [0.1, 0.15) is 5.75 Å². The number of aromatic hydroxyl groups is 1. The van der Waals surface area contributed by atoms with Crippen LogP contribution in [0.25, 0.3) is 0 Å². The number of phenols is 1. The summed E-state index contributed by atoms with van der Waals surface area (Å²) in [4.78, 5) is 28.0. The first kappa shape index (κ1) is 20.7. The van der Waals surface area contributed by atoms with Gasteiger partial charge < -0.3 is 14.8 Å². The number of amides is 1. The molecular formula is C18H28N2O5. The maximum atomic E-state index is 12.1. The minimum absolute atomic E-state index is 0.0437. The monoisotopic (exact) mass is 352 g/mol. The molecule has 0 saturated carbocycles. The fraction of sp³-hybridized carbons (Fsp3) is 0.611. The number of rotatable bonds is 10. The Morgan fingerprint density at radius 3 is 2.64 bits per heavy atom. The van der Waals surface area contributed by atoms with Crippen molar-refractivity contribution in [3.8, 4) is 5.75 Å². The number of phenolic OH excluding ortho intramolecular Hbond substituents is 1. The Labute approximate surface area is 148 Å². The molecule has 1 N–H and O–H groups in total. The third-order valence-corrected chi connectivity index (χ3v) is 4.56. The van der Waals surface area contributed by atoms with Gasteiger partial charge >= 0.3 is 0 Å². The predicted octanol–water partition coefficient (Wildman–Crippen LogP) is 3.28. The van der Waals surface area contributed by atoms with Crippen LogP contribution >= 0.6 is 0 Å². The molecule has 2 unspecified atom stereocenters. The van der Waals surface area contributed by atoms with E-state index in [1.165, 1.54) is 0 Å². The zero-order valence-electron chi connectivity index (χ0n) is 15.4. The van der Waals surface area contributed by atoms with E-state index in [1.807, 2.05) is 19.1 Å². The molecule has 0 heterocycles. The molecule has 1 amide bonds. The number of nitrogens with zero attached hydrogens (tertiary/aromatic N) is 2. The molecule has 1 aromatic rings. The highest BCUT2D eigenvalue weighted by molar-refractivity contribution is 5.76. The zero-order valence-corrected chi connectivity index (χ0v) is 15.4. The Bertz CT molecular complexity index is 591. The van der Waals surface area contributed by atoms with E-state index in [2.05, 4.69) is 18.7 Å². The van der Waals surface area contributed by atoms with Crippen molar-refractivity contribution in [3.05, 3.63) is 39.4 Å². The fourth-order valence-electron chi connectivity index (χ4n) is 2.62. The van der Waals surface area contributed by atoms with Gasteiger partial charge in [-0.2, -0.15) is 0 Å². The Morgan fingerprint density at radius 1 is 1.40 bits per heavy atom. The summed E-state index contributed by atoms with van der Waals surface area (Å²) >= 11 is 0. The summed E-state index contributed by atoms with van der Waals surface area (Å²) in [5.41, 5.74) is 1.91. The van der Waals surface area contributed by atoms with Crippen LogP contribution in [0.1, 0.15) is 57.1 Å². The second kappa shape index (κ2) is 9.86. The molecule has 0 aliphatic rings. The quantitative estimate of drug-likeness (QED) is 0.396. The molecule has 0 aliphatic carbocycles. The maximum Gasteiger partial charge on any atom is 0.294 e. The first-order valence-electron chi connectivity index (χ1n) is 8.61. The van der Waals surface area contributed by atoms with Crippen LogP contribution in [0.5, 0.6) is 5.75 Å². The molecule has 0 radical (unpaired) electrons. The highest BCUT2D eigenvalue weighted by Gasteiger charge is 2.17. The van der Waals surface area contributed by atoms with Crippen LogP contribution in [0.4, 0.5) is 0 Å². The zero-order chi connectivity index (χ0) is 19.0. The van der Waals surface area contributed by atoms with Gasteiger partial charge in [-0.05, 0) is 49.3 Å². The summed E-state index contributed by atoms with van der Waals surface area (Å²) in [5, 5.41) is 19.4. The number of hydrogen-bond donors (Lipinski definition) is 1. The first-order valence-corrected chi connectivity index (χ1v) is 8.61. The summed E-state index contributed by atoms with van der Waals surface area (Å²) in [5.74, 6) is 0.516. The molecule has 1 aromatic carbocycles. The Balaban J connectivity index is 2.56. The van der Waals surface area contributed by atoms with E-state index < -0.39 is 5.09 Å². The van der Waals surface area contributed by atoms with Gasteiger partial charge in [-0.15, -0.1) is 10.1 Å². The van der Waals surface area contributed by atoms with Crippen molar-refractivity contribution in [3.63, 3.8) is 0 Å². The largest absolute Gasteiger partial charge is 0.508 e. The summed E-state index contributed by atoms with van der Waals surface area (Å²) in [7, 11) is 1.72. The van der Waals surface area contributed by atoms with Crippen molar-refractivity contribution in [2.45, 2.75) is 58.4 Å². The lowest BCUT2D eigenvalue weighted by atomic mass is 9.95. The van der Waals surface area contributed by atoms with Crippen LogP contribution in [-0.4, -0.2) is 40.7 Å². The van der Waals surface area contributed by atoms with Crippen LogP contribution in [0.3, 0.4) is 0 Å². The topological polar surface area (TPSA) is 92.9 Å². The Hall–Kier alpha value is -2.31. The molecule has 2 atom stereocenters. The number of likely N-dealkylation sites (N-methyl/N-ethyl adjacent to an activating group) is 1. The van der Waals surface area contributed by atoms with Crippen molar-refractivity contribution in [1.82, 2.24) is 4.90 Å². The molecule has 0 aliphatic heterocycles. The van der Waals surface area contributed by atoms with Crippen molar-refractivity contribution >= 4 is 5.91 Å². The molecule has 7 nitrogen and oxygen atoms in total. The van der Waals surface area contributed by atoms with E-state index in [1.54, 1.807) is 18.0 Å². The number of carbonyl (C=O) groups excluding carboxylic acids is 1. The molecule has 140 valence electrons. The normalized spacial score (nSPS) is 13.1. The van der Waals surface area contributed by atoms with Gasteiger partial charge in [0.2, 0.25) is 5.91 Å².